The first-order valence-corrected chi connectivity index (χ1v) is 7.16. The molecule has 0 heterocycles. The second-order valence-corrected chi connectivity index (χ2v) is 5.50. The number of hydrogen-bond acceptors (Lipinski definition) is 3. The molecular formula is C16H23NO3. The van der Waals surface area contributed by atoms with Crippen molar-refractivity contribution in [1.29, 1.82) is 0 Å². The molecule has 1 aliphatic rings. The number of ether oxygens (including phenoxy) is 1. The maximum absolute atomic E-state index is 11.0. The molecule has 0 spiro atoms. The number of nitrogens with zero attached hydrogens (tertiary/aromatic N) is 1. The van der Waals surface area contributed by atoms with Gasteiger partial charge in [-0.25, -0.2) is 0 Å². The lowest BCUT2D eigenvalue weighted by Crippen LogP contribution is -2.29. The predicted octanol–water partition coefficient (Wildman–Crippen LogP) is 2.49. The zero-order chi connectivity index (χ0) is 14.5. The van der Waals surface area contributed by atoms with Crippen molar-refractivity contribution in [1.82, 2.24) is 4.90 Å². The van der Waals surface area contributed by atoms with Gasteiger partial charge in [0.25, 0.3) is 0 Å². The molecule has 1 saturated carbocycles. The standard InChI is InChI=1S/C16H23NO3/c1-12(16(18)19)14-5-3-13(4-6-14)11-17(9-10-20-2)15-7-8-15/h3-6,12,15H,7-11H2,1-2H3,(H,18,19). The first kappa shape index (κ1) is 15.0. The second kappa shape index (κ2) is 6.86. The number of aliphatic carboxylic acids is 1. The fourth-order valence-corrected chi connectivity index (χ4v) is 2.33. The number of rotatable bonds is 8. The minimum Gasteiger partial charge on any atom is -0.481 e. The Hall–Kier alpha value is -1.39. The molecule has 1 atom stereocenters. The van der Waals surface area contributed by atoms with Crippen molar-refractivity contribution in [3.8, 4) is 0 Å². The van der Waals surface area contributed by atoms with Crippen LogP contribution in [0.4, 0.5) is 0 Å². The maximum Gasteiger partial charge on any atom is 0.310 e. The number of hydrogen-bond donors (Lipinski definition) is 1. The van der Waals surface area contributed by atoms with Gasteiger partial charge in [0.2, 0.25) is 0 Å². The Morgan fingerprint density at radius 3 is 2.55 bits per heavy atom. The Kier molecular flexibility index (Phi) is 5.15. The van der Waals surface area contributed by atoms with Crippen molar-refractivity contribution in [2.45, 2.75) is 38.3 Å². The average Bonchev–Trinajstić information content (AvgIpc) is 3.27. The molecule has 4 nitrogen and oxygen atoms in total. The highest BCUT2D eigenvalue weighted by molar-refractivity contribution is 5.75. The summed E-state index contributed by atoms with van der Waals surface area (Å²) in [6.07, 6.45) is 2.55. The Bertz CT molecular complexity index is 440. The molecule has 0 aliphatic heterocycles. The monoisotopic (exact) mass is 277 g/mol. The number of carboxylic acids is 1. The van der Waals surface area contributed by atoms with Crippen LogP contribution in [-0.4, -0.2) is 42.3 Å². The minimum absolute atomic E-state index is 0.447. The van der Waals surface area contributed by atoms with E-state index in [0.29, 0.717) is 6.04 Å². The van der Waals surface area contributed by atoms with Crippen LogP contribution < -0.4 is 0 Å². The topological polar surface area (TPSA) is 49.8 Å². The minimum atomic E-state index is -0.780. The molecule has 1 N–H and O–H groups in total. The molecule has 0 aromatic heterocycles. The molecule has 1 aromatic carbocycles. The van der Waals surface area contributed by atoms with Crippen LogP contribution in [0.15, 0.2) is 24.3 Å². The lowest BCUT2D eigenvalue weighted by Gasteiger charge is -2.21. The molecule has 1 fully saturated rings. The summed E-state index contributed by atoms with van der Waals surface area (Å²) in [4.78, 5) is 13.4. The van der Waals surface area contributed by atoms with Gasteiger partial charge in [-0.15, -0.1) is 0 Å². The van der Waals surface area contributed by atoms with Crippen molar-refractivity contribution in [2.24, 2.45) is 0 Å². The van der Waals surface area contributed by atoms with E-state index < -0.39 is 11.9 Å². The van der Waals surface area contributed by atoms with Crippen LogP contribution in [0.1, 0.15) is 36.8 Å². The molecule has 0 bridgehead atoms. The fraction of sp³-hybridized carbons (Fsp3) is 0.562. The van der Waals surface area contributed by atoms with Gasteiger partial charge in [-0.2, -0.15) is 0 Å². The largest absolute Gasteiger partial charge is 0.481 e. The van der Waals surface area contributed by atoms with Gasteiger partial charge < -0.3 is 9.84 Å². The summed E-state index contributed by atoms with van der Waals surface area (Å²) in [5.74, 6) is -1.23. The summed E-state index contributed by atoms with van der Waals surface area (Å²) in [5, 5.41) is 9.01. The third kappa shape index (κ3) is 4.05. The van der Waals surface area contributed by atoms with E-state index in [1.165, 1.54) is 18.4 Å². The summed E-state index contributed by atoms with van der Waals surface area (Å²) in [7, 11) is 1.73. The molecular weight excluding hydrogens is 254 g/mol. The molecule has 110 valence electrons. The summed E-state index contributed by atoms with van der Waals surface area (Å²) < 4.78 is 5.16. The highest BCUT2D eigenvalue weighted by atomic mass is 16.5. The van der Waals surface area contributed by atoms with Gasteiger partial charge in [0.15, 0.2) is 0 Å². The summed E-state index contributed by atoms with van der Waals surface area (Å²) in [5.41, 5.74) is 2.09. The van der Waals surface area contributed by atoms with Crippen molar-refractivity contribution in [3.63, 3.8) is 0 Å². The van der Waals surface area contributed by atoms with E-state index in [1.807, 2.05) is 24.3 Å². The lowest BCUT2D eigenvalue weighted by molar-refractivity contribution is -0.138. The third-order valence-corrected chi connectivity index (χ3v) is 3.88. The highest BCUT2D eigenvalue weighted by Crippen LogP contribution is 2.28. The summed E-state index contributed by atoms with van der Waals surface area (Å²) in [6.45, 7) is 4.33. The van der Waals surface area contributed by atoms with Gasteiger partial charge in [0.1, 0.15) is 0 Å². The SMILES string of the molecule is COCCN(Cc1ccc(C(C)C(=O)O)cc1)C1CC1. The lowest BCUT2D eigenvalue weighted by atomic mass is 10.00. The van der Waals surface area contributed by atoms with Crippen LogP contribution in [0.3, 0.4) is 0 Å². The van der Waals surface area contributed by atoms with E-state index in [4.69, 9.17) is 9.84 Å². The van der Waals surface area contributed by atoms with Gasteiger partial charge in [0.05, 0.1) is 12.5 Å². The summed E-state index contributed by atoms with van der Waals surface area (Å²) in [6, 6.07) is 8.63. The second-order valence-electron chi connectivity index (χ2n) is 5.50. The van der Waals surface area contributed by atoms with Gasteiger partial charge in [-0.3, -0.25) is 9.69 Å². The van der Waals surface area contributed by atoms with E-state index in [0.717, 1.165) is 25.3 Å². The van der Waals surface area contributed by atoms with Crippen LogP contribution in [0.2, 0.25) is 0 Å². The van der Waals surface area contributed by atoms with Crippen LogP contribution in [0, 0.1) is 0 Å². The molecule has 0 saturated heterocycles. The van der Waals surface area contributed by atoms with E-state index in [-0.39, 0.29) is 0 Å². The fourth-order valence-electron chi connectivity index (χ4n) is 2.33. The van der Waals surface area contributed by atoms with Gasteiger partial charge >= 0.3 is 5.97 Å². The number of carbonyl (C=O) groups is 1. The van der Waals surface area contributed by atoms with Crippen molar-refractivity contribution in [3.05, 3.63) is 35.4 Å². The van der Waals surface area contributed by atoms with Crippen molar-refractivity contribution < 1.29 is 14.6 Å². The number of carboxylic acid groups (broad SMARTS) is 1. The Morgan fingerprint density at radius 1 is 1.40 bits per heavy atom. The van der Waals surface area contributed by atoms with E-state index in [9.17, 15) is 4.79 Å². The van der Waals surface area contributed by atoms with Crippen LogP contribution in [0.5, 0.6) is 0 Å². The third-order valence-electron chi connectivity index (χ3n) is 3.88. The van der Waals surface area contributed by atoms with Gasteiger partial charge in [0, 0.05) is 26.2 Å². The Labute approximate surface area is 120 Å². The van der Waals surface area contributed by atoms with Gasteiger partial charge in [-0.1, -0.05) is 24.3 Å². The Morgan fingerprint density at radius 2 is 2.05 bits per heavy atom. The predicted molar refractivity (Wildman–Crippen MR) is 77.8 cm³/mol. The number of benzene rings is 1. The van der Waals surface area contributed by atoms with Crippen LogP contribution >= 0.6 is 0 Å². The van der Waals surface area contributed by atoms with Crippen molar-refractivity contribution >= 4 is 5.97 Å². The molecule has 0 amide bonds. The van der Waals surface area contributed by atoms with Crippen LogP contribution in [-0.2, 0) is 16.1 Å². The highest BCUT2D eigenvalue weighted by Gasteiger charge is 2.28. The first-order chi connectivity index (χ1) is 9.61. The Balaban J connectivity index is 1.96. The molecule has 2 rings (SSSR count). The molecule has 20 heavy (non-hydrogen) atoms. The van der Waals surface area contributed by atoms with E-state index in [2.05, 4.69) is 4.90 Å². The number of methoxy groups -OCH3 is 1. The normalized spacial score (nSPS) is 16.4. The molecule has 1 aliphatic carbocycles. The zero-order valence-electron chi connectivity index (χ0n) is 12.2. The molecule has 1 aromatic rings. The molecule has 1 unspecified atom stereocenters. The van der Waals surface area contributed by atoms with E-state index >= 15 is 0 Å². The van der Waals surface area contributed by atoms with E-state index in [1.54, 1.807) is 14.0 Å². The average molecular weight is 277 g/mol. The van der Waals surface area contributed by atoms with Gasteiger partial charge in [-0.05, 0) is 30.9 Å². The molecule has 0 radical (unpaired) electrons. The quantitative estimate of drug-likeness (QED) is 0.793. The molecule has 4 heteroatoms. The smallest absolute Gasteiger partial charge is 0.310 e. The zero-order valence-corrected chi connectivity index (χ0v) is 12.2. The maximum atomic E-state index is 11.0. The first-order valence-electron chi connectivity index (χ1n) is 7.16. The van der Waals surface area contributed by atoms with Crippen LogP contribution in [0.25, 0.3) is 0 Å². The summed E-state index contributed by atoms with van der Waals surface area (Å²) >= 11 is 0. The van der Waals surface area contributed by atoms with Crippen molar-refractivity contribution in [2.75, 3.05) is 20.3 Å².